The van der Waals surface area contributed by atoms with Crippen LogP contribution in [0.3, 0.4) is 0 Å². The van der Waals surface area contributed by atoms with E-state index in [1.165, 1.54) is 5.56 Å². The molecule has 2 amide bonds. The lowest BCUT2D eigenvalue weighted by molar-refractivity contribution is -0.114. The molecule has 0 fully saturated rings. The van der Waals surface area contributed by atoms with Gasteiger partial charge in [0.2, 0.25) is 5.91 Å². The largest absolute Gasteiger partial charge is 0.376 e. The lowest BCUT2D eigenvalue weighted by atomic mass is 10.1. The van der Waals surface area contributed by atoms with Gasteiger partial charge in [-0.05, 0) is 56.7 Å². The molecule has 0 saturated heterocycles. The molecule has 0 aliphatic rings. The highest BCUT2D eigenvalue weighted by atomic mass is 16.2. The van der Waals surface area contributed by atoms with Crippen LogP contribution in [-0.4, -0.2) is 24.4 Å². The van der Waals surface area contributed by atoms with Gasteiger partial charge in [0.25, 0.3) is 5.91 Å². The molecule has 132 valence electrons. The highest BCUT2D eigenvalue weighted by Gasteiger charge is 2.09. The smallest absolute Gasteiger partial charge is 0.251 e. The first-order chi connectivity index (χ1) is 12.0. The van der Waals surface area contributed by atoms with Crippen molar-refractivity contribution in [3.63, 3.8) is 0 Å². The molecular weight excluding hydrogens is 314 g/mol. The second kappa shape index (κ2) is 8.87. The van der Waals surface area contributed by atoms with Crippen molar-refractivity contribution in [1.82, 2.24) is 5.32 Å². The third-order valence-electron chi connectivity index (χ3n) is 3.93. The van der Waals surface area contributed by atoms with E-state index in [0.717, 1.165) is 12.1 Å². The first kappa shape index (κ1) is 18.5. The van der Waals surface area contributed by atoms with Crippen molar-refractivity contribution in [2.24, 2.45) is 0 Å². The van der Waals surface area contributed by atoms with E-state index in [1.54, 1.807) is 24.3 Å². The highest BCUT2D eigenvalue weighted by molar-refractivity contribution is 5.96. The van der Waals surface area contributed by atoms with E-state index in [9.17, 15) is 9.59 Å². The number of nitrogens with one attached hydrogen (secondary N) is 3. The summed E-state index contributed by atoms with van der Waals surface area (Å²) < 4.78 is 0. The van der Waals surface area contributed by atoms with Crippen LogP contribution in [0.5, 0.6) is 0 Å². The minimum atomic E-state index is -0.141. The van der Waals surface area contributed by atoms with Crippen molar-refractivity contribution in [2.45, 2.75) is 33.2 Å². The molecule has 2 aromatic rings. The Morgan fingerprint density at radius 3 is 2.16 bits per heavy atom. The van der Waals surface area contributed by atoms with Crippen molar-refractivity contribution < 1.29 is 9.59 Å². The Bertz CT molecular complexity index is 709. The molecule has 5 nitrogen and oxygen atoms in total. The van der Waals surface area contributed by atoms with Crippen LogP contribution in [0, 0.1) is 6.92 Å². The van der Waals surface area contributed by atoms with Crippen LogP contribution in [0.25, 0.3) is 0 Å². The number of aryl methyl sites for hydroxylation is 1. The molecule has 0 bridgehead atoms. The zero-order valence-electron chi connectivity index (χ0n) is 14.9. The standard InChI is InChI=1S/C20H25N3O2/c1-4-15(3)22-20(25)16-7-11-18(12-8-16)23-19(24)13-21-17-9-5-14(2)6-10-17/h5-12,15,21H,4,13H2,1-3H3,(H,22,25)(H,23,24). The molecular formula is C20H25N3O2. The predicted molar refractivity (Wildman–Crippen MR) is 102 cm³/mol. The molecule has 3 N–H and O–H groups in total. The number of carbonyl (C=O) groups excluding carboxylic acids is 2. The van der Waals surface area contributed by atoms with Gasteiger partial charge >= 0.3 is 0 Å². The van der Waals surface area contributed by atoms with Crippen LogP contribution in [0.1, 0.15) is 36.2 Å². The van der Waals surface area contributed by atoms with E-state index >= 15 is 0 Å². The van der Waals surface area contributed by atoms with E-state index in [0.29, 0.717) is 11.3 Å². The number of anilines is 2. The van der Waals surface area contributed by atoms with E-state index in [-0.39, 0.29) is 24.4 Å². The maximum atomic E-state index is 12.0. The van der Waals surface area contributed by atoms with Crippen molar-refractivity contribution in [2.75, 3.05) is 17.2 Å². The summed E-state index contributed by atoms with van der Waals surface area (Å²) >= 11 is 0. The van der Waals surface area contributed by atoms with Gasteiger partial charge in [0.15, 0.2) is 0 Å². The molecule has 0 radical (unpaired) electrons. The minimum Gasteiger partial charge on any atom is -0.376 e. The first-order valence-electron chi connectivity index (χ1n) is 8.49. The number of benzene rings is 2. The van der Waals surface area contributed by atoms with Gasteiger partial charge in [-0.2, -0.15) is 0 Å². The molecule has 0 spiro atoms. The third-order valence-corrected chi connectivity index (χ3v) is 3.93. The minimum absolute atomic E-state index is 0.103. The van der Waals surface area contributed by atoms with Crippen molar-refractivity contribution >= 4 is 23.2 Å². The summed E-state index contributed by atoms with van der Waals surface area (Å²) in [6.45, 7) is 6.18. The van der Waals surface area contributed by atoms with Gasteiger partial charge in [-0.3, -0.25) is 9.59 Å². The summed E-state index contributed by atoms with van der Waals surface area (Å²) in [5.41, 5.74) is 3.32. The summed E-state index contributed by atoms with van der Waals surface area (Å²) in [6.07, 6.45) is 0.883. The number of hydrogen-bond acceptors (Lipinski definition) is 3. The van der Waals surface area contributed by atoms with E-state index < -0.39 is 0 Å². The summed E-state index contributed by atoms with van der Waals surface area (Å²) in [6, 6.07) is 14.9. The van der Waals surface area contributed by atoms with Gasteiger partial charge in [-0.25, -0.2) is 0 Å². The summed E-state index contributed by atoms with van der Waals surface area (Å²) in [4.78, 5) is 24.0. The SMILES string of the molecule is CCC(C)NC(=O)c1ccc(NC(=O)CNc2ccc(C)cc2)cc1. The molecule has 5 heteroatoms. The van der Waals surface area contributed by atoms with E-state index in [4.69, 9.17) is 0 Å². The third kappa shape index (κ3) is 5.95. The Labute approximate surface area is 148 Å². The molecule has 2 aromatic carbocycles. The number of amides is 2. The monoisotopic (exact) mass is 339 g/mol. The van der Waals surface area contributed by atoms with Gasteiger partial charge in [-0.1, -0.05) is 24.6 Å². The van der Waals surface area contributed by atoms with Crippen LogP contribution in [0.4, 0.5) is 11.4 Å². The lowest BCUT2D eigenvalue weighted by Gasteiger charge is -2.12. The van der Waals surface area contributed by atoms with Gasteiger partial charge in [0.1, 0.15) is 0 Å². The molecule has 0 aliphatic heterocycles. The summed E-state index contributed by atoms with van der Waals surface area (Å²) in [5.74, 6) is -0.245. The first-order valence-corrected chi connectivity index (χ1v) is 8.49. The number of hydrogen-bond donors (Lipinski definition) is 3. The fourth-order valence-corrected chi connectivity index (χ4v) is 2.17. The zero-order valence-corrected chi connectivity index (χ0v) is 14.9. The van der Waals surface area contributed by atoms with Gasteiger partial charge < -0.3 is 16.0 Å². The maximum absolute atomic E-state index is 12.0. The quantitative estimate of drug-likeness (QED) is 0.722. The molecule has 0 heterocycles. The van der Waals surface area contributed by atoms with Crippen molar-refractivity contribution in [1.29, 1.82) is 0 Å². The van der Waals surface area contributed by atoms with Crippen LogP contribution >= 0.6 is 0 Å². The Morgan fingerprint density at radius 1 is 0.960 bits per heavy atom. The highest BCUT2D eigenvalue weighted by Crippen LogP contribution is 2.11. The fraction of sp³-hybridized carbons (Fsp3) is 0.300. The Morgan fingerprint density at radius 2 is 1.56 bits per heavy atom. The predicted octanol–water partition coefficient (Wildman–Crippen LogP) is 3.57. The van der Waals surface area contributed by atoms with Crippen molar-refractivity contribution in [3.8, 4) is 0 Å². The molecule has 2 rings (SSSR count). The second-order valence-corrected chi connectivity index (χ2v) is 6.13. The average Bonchev–Trinajstić information content (AvgIpc) is 2.61. The fourth-order valence-electron chi connectivity index (χ4n) is 2.17. The Balaban J connectivity index is 1.84. The maximum Gasteiger partial charge on any atom is 0.251 e. The molecule has 0 aliphatic carbocycles. The number of rotatable bonds is 7. The molecule has 25 heavy (non-hydrogen) atoms. The zero-order chi connectivity index (χ0) is 18.2. The molecule has 1 atom stereocenters. The topological polar surface area (TPSA) is 70.2 Å². The van der Waals surface area contributed by atoms with Gasteiger partial charge in [0.05, 0.1) is 6.54 Å². The van der Waals surface area contributed by atoms with Crippen LogP contribution < -0.4 is 16.0 Å². The van der Waals surface area contributed by atoms with E-state index in [2.05, 4.69) is 16.0 Å². The Kier molecular flexibility index (Phi) is 6.57. The molecule has 1 unspecified atom stereocenters. The average molecular weight is 339 g/mol. The number of carbonyl (C=O) groups is 2. The summed E-state index contributed by atoms with van der Waals surface area (Å²) in [5, 5.41) is 8.79. The second-order valence-electron chi connectivity index (χ2n) is 6.13. The van der Waals surface area contributed by atoms with Crippen LogP contribution in [0.2, 0.25) is 0 Å². The van der Waals surface area contributed by atoms with Crippen LogP contribution in [0.15, 0.2) is 48.5 Å². The molecule has 0 aromatic heterocycles. The normalized spacial score (nSPS) is 11.5. The van der Waals surface area contributed by atoms with Gasteiger partial charge in [-0.15, -0.1) is 0 Å². The molecule has 0 saturated carbocycles. The van der Waals surface area contributed by atoms with Gasteiger partial charge in [0, 0.05) is 23.0 Å². The lowest BCUT2D eigenvalue weighted by Crippen LogP contribution is -2.31. The van der Waals surface area contributed by atoms with E-state index in [1.807, 2.05) is 45.0 Å². The summed E-state index contributed by atoms with van der Waals surface area (Å²) in [7, 11) is 0. The van der Waals surface area contributed by atoms with Crippen molar-refractivity contribution in [3.05, 3.63) is 59.7 Å². The Hall–Kier alpha value is -2.82. The van der Waals surface area contributed by atoms with Crippen LogP contribution in [-0.2, 0) is 4.79 Å².